The molecule has 2 nitrogen and oxygen atoms in total. The first kappa shape index (κ1) is 16.3. The smallest absolute Gasteiger partial charge is 0.125 e. The molecule has 2 rings (SSSR count). The van der Waals surface area contributed by atoms with Crippen molar-refractivity contribution in [1.82, 2.24) is 5.32 Å². The second-order valence-electron chi connectivity index (χ2n) is 5.17. The molecule has 0 unspecified atom stereocenters. The Labute approximate surface area is 139 Å². The number of halogens is 2. The normalized spacial score (nSPS) is 10.9. The van der Waals surface area contributed by atoms with Gasteiger partial charge in [-0.1, -0.05) is 59.6 Å². The van der Waals surface area contributed by atoms with Crippen molar-refractivity contribution in [1.29, 1.82) is 0 Å². The molecule has 0 bridgehead atoms. The van der Waals surface area contributed by atoms with E-state index in [1.54, 1.807) is 0 Å². The van der Waals surface area contributed by atoms with Crippen molar-refractivity contribution in [3.63, 3.8) is 0 Å². The summed E-state index contributed by atoms with van der Waals surface area (Å²) in [7, 11) is 0. The molecule has 0 saturated carbocycles. The van der Waals surface area contributed by atoms with Gasteiger partial charge in [-0.05, 0) is 29.8 Å². The third kappa shape index (κ3) is 5.03. The lowest BCUT2D eigenvalue weighted by Gasteiger charge is -2.15. The Hall–Kier alpha value is -1.03. The maximum absolute atomic E-state index is 6.29. The summed E-state index contributed by atoms with van der Waals surface area (Å²) < 4.78 is 7.00. The quantitative estimate of drug-likeness (QED) is 0.758. The molecule has 0 aliphatic heterocycles. The third-order valence-corrected chi connectivity index (χ3v) is 3.89. The van der Waals surface area contributed by atoms with Crippen molar-refractivity contribution in [2.24, 2.45) is 0 Å². The van der Waals surface area contributed by atoms with Crippen LogP contribution in [-0.4, -0.2) is 6.04 Å². The average molecular weight is 369 g/mol. The molecule has 21 heavy (non-hydrogen) atoms. The summed E-state index contributed by atoms with van der Waals surface area (Å²) in [5.74, 6) is 0.829. The Bertz CT molecular complexity index is 601. The van der Waals surface area contributed by atoms with Crippen LogP contribution in [0.15, 0.2) is 46.9 Å². The summed E-state index contributed by atoms with van der Waals surface area (Å²) in [5.41, 5.74) is 2.12. The zero-order valence-corrected chi connectivity index (χ0v) is 14.5. The number of nitrogens with one attached hydrogen (secondary N) is 1. The zero-order chi connectivity index (χ0) is 15.2. The Kier molecular flexibility index (Phi) is 6.09. The van der Waals surface area contributed by atoms with Crippen LogP contribution in [0.5, 0.6) is 5.75 Å². The van der Waals surface area contributed by atoms with Gasteiger partial charge in [0, 0.05) is 27.6 Å². The van der Waals surface area contributed by atoms with E-state index in [0.29, 0.717) is 19.2 Å². The monoisotopic (exact) mass is 367 g/mol. The molecule has 1 N–H and O–H groups in total. The van der Waals surface area contributed by atoms with E-state index in [1.165, 1.54) is 0 Å². The lowest BCUT2D eigenvalue weighted by molar-refractivity contribution is 0.301. The lowest BCUT2D eigenvalue weighted by atomic mass is 10.2. The second kappa shape index (κ2) is 7.83. The number of benzene rings is 2. The number of ether oxygens (including phenoxy) is 1. The van der Waals surface area contributed by atoms with Crippen LogP contribution < -0.4 is 10.1 Å². The minimum absolute atomic E-state index is 0.402. The summed E-state index contributed by atoms with van der Waals surface area (Å²) in [5, 5.41) is 4.11. The predicted octanol–water partition coefficient (Wildman–Crippen LogP) is 5.18. The van der Waals surface area contributed by atoms with Crippen molar-refractivity contribution in [2.45, 2.75) is 33.0 Å². The number of hydrogen-bond donors (Lipinski definition) is 1. The molecule has 0 aromatic heterocycles. The molecule has 0 atom stereocenters. The Balaban J connectivity index is 2.10. The highest BCUT2D eigenvalue weighted by Gasteiger charge is 2.09. The van der Waals surface area contributed by atoms with E-state index in [1.807, 2.05) is 36.4 Å². The van der Waals surface area contributed by atoms with Crippen LogP contribution in [0.4, 0.5) is 0 Å². The van der Waals surface area contributed by atoms with Gasteiger partial charge in [-0.15, -0.1) is 0 Å². The van der Waals surface area contributed by atoms with Crippen molar-refractivity contribution < 1.29 is 4.74 Å². The van der Waals surface area contributed by atoms with Gasteiger partial charge in [-0.3, -0.25) is 0 Å². The van der Waals surface area contributed by atoms with Crippen LogP contribution in [0.2, 0.25) is 5.02 Å². The van der Waals surface area contributed by atoms with E-state index < -0.39 is 0 Å². The summed E-state index contributed by atoms with van der Waals surface area (Å²) in [6, 6.07) is 14.3. The van der Waals surface area contributed by atoms with Gasteiger partial charge in [0.2, 0.25) is 0 Å². The molecule has 4 heteroatoms. The summed E-state index contributed by atoms with van der Waals surface area (Å²) in [4.78, 5) is 0. The van der Waals surface area contributed by atoms with Crippen LogP contribution in [0.1, 0.15) is 25.0 Å². The van der Waals surface area contributed by atoms with Crippen molar-refractivity contribution in [3.8, 4) is 5.75 Å². The van der Waals surface area contributed by atoms with E-state index in [9.17, 15) is 0 Å². The van der Waals surface area contributed by atoms with Gasteiger partial charge < -0.3 is 10.1 Å². The van der Waals surface area contributed by atoms with Gasteiger partial charge in [-0.2, -0.15) is 0 Å². The SMILES string of the molecule is CC(C)NCc1c(Cl)cccc1OCc1cccc(Br)c1. The summed E-state index contributed by atoms with van der Waals surface area (Å²) in [6.45, 7) is 5.44. The van der Waals surface area contributed by atoms with E-state index in [2.05, 4.69) is 41.2 Å². The molecule has 0 aliphatic carbocycles. The lowest BCUT2D eigenvalue weighted by Crippen LogP contribution is -2.22. The average Bonchev–Trinajstić information content (AvgIpc) is 2.44. The second-order valence-corrected chi connectivity index (χ2v) is 6.49. The molecular formula is C17H19BrClNO. The fourth-order valence-corrected chi connectivity index (χ4v) is 2.62. The van der Waals surface area contributed by atoms with Crippen LogP contribution >= 0.6 is 27.5 Å². The van der Waals surface area contributed by atoms with Gasteiger partial charge in [0.15, 0.2) is 0 Å². The molecule has 2 aromatic carbocycles. The first-order valence-corrected chi connectivity index (χ1v) is 8.11. The minimum Gasteiger partial charge on any atom is -0.489 e. The molecule has 0 heterocycles. The van der Waals surface area contributed by atoms with Gasteiger partial charge in [0.05, 0.1) is 0 Å². The fraction of sp³-hybridized carbons (Fsp3) is 0.294. The summed E-state index contributed by atoms with van der Waals surface area (Å²) >= 11 is 9.76. The highest BCUT2D eigenvalue weighted by Crippen LogP contribution is 2.27. The van der Waals surface area contributed by atoms with Crippen LogP contribution in [0.25, 0.3) is 0 Å². The summed E-state index contributed by atoms with van der Waals surface area (Å²) in [6.07, 6.45) is 0. The van der Waals surface area contributed by atoms with Gasteiger partial charge in [0.1, 0.15) is 12.4 Å². The first-order valence-electron chi connectivity index (χ1n) is 6.94. The Morgan fingerprint density at radius 2 is 1.95 bits per heavy atom. The van der Waals surface area contributed by atoms with Crippen molar-refractivity contribution in [2.75, 3.05) is 0 Å². The molecule has 2 aromatic rings. The minimum atomic E-state index is 0.402. The van der Waals surface area contributed by atoms with Gasteiger partial charge >= 0.3 is 0 Å². The molecule has 112 valence electrons. The van der Waals surface area contributed by atoms with E-state index in [0.717, 1.165) is 26.4 Å². The molecule has 0 fully saturated rings. The fourth-order valence-electron chi connectivity index (χ4n) is 1.94. The van der Waals surface area contributed by atoms with Crippen LogP contribution in [-0.2, 0) is 13.2 Å². The highest BCUT2D eigenvalue weighted by molar-refractivity contribution is 9.10. The van der Waals surface area contributed by atoms with E-state index in [4.69, 9.17) is 16.3 Å². The Morgan fingerprint density at radius 3 is 2.67 bits per heavy atom. The van der Waals surface area contributed by atoms with Gasteiger partial charge in [-0.25, -0.2) is 0 Å². The standard InChI is InChI=1S/C17H19BrClNO/c1-12(2)20-10-15-16(19)7-4-8-17(15)21-11-13-5-3-6-14(18)9-13/h3-9,12,20H,10-11H2,1-2H3. The maximum Gasteiger partial charge on any atom is 0.125 e. The largest absolute Gasteiger partial charge is 0.489 e. The molecular weight excluding hydrogens is 350 g/mol. The maximum atomic E-state index is 6.29. The van der Waals surface area contributed by atoms with Gasteiger partial charge in [0.25, 0.3) is 0 Å². The highest BCUT2D eigenvalue weighted by atomic mass is 79.9. The van der Waals surface area contributed by atoms with E-state index >= 15 is 0 Å². The van der Waals surface area contributed by atoms with Crippen molar-refractivity contribution in [3.05, 3.63) is 63.1 Å². The third-order valence-electron chi connectivity index (χ3n) is 3.05. The number of hydrogen-bond acceptors (Lipinski definition) is 2. The zero-order valence-electron chi connectivity index (χ0n) is 12.2. The number of rotatable bonds is 6. The molecule has 0 saturated heterocycles. The Morgan fingerprint density at radius 1 is 1.19 bits per heavy atom. The molecule has 0 amide bonds. The van der Waals surface area contributed by atoms with E-state index in [-0.39, 0.29) is 0 Å². The predicted molar refractivity (Wildman–Crippen MR) is 91.9 cm³/mol. The van der Waals surface area contributed by atoms with Crippen LogP contribution in [0.3, 0.4) is 0 Å². The first-order chi connectivity index (χ1) is 10.1. The molecule has 0 aliphatic rings. The molecule has 0 spiro atoms. The van der Waals surface area contributed by atoms with Crippen molar-refractivity contribution >= 4 is 27.5 Å². The molecule has 0 radical (unpaired) electrons. The van der Waals surface area contributed by atoms with Crippen LogP contribution in [0, 0.1) is 0 Å². The topological polar surface area (TPSA) is 21.3 Å².